The van der Waals surface area contributed by atoms with Crippen LogP contribution in [0, 0.1) is 12.7 Å². The number of carbonyl (C=O) groups is 2. The number of halogens is 1. The van der Waals surface area contributed by atoms with E-state index in [0.29, 0.717) is 24.3 Å². The fraction of sp³-hybridized carbons (Fsp3) is 0.310. The lowest BCUT2D eigenvalue weighted by atomic mass is 10.0. The van der Waals surface area contributed by atoms with E-state index < -0.39 is 6.04 Å². The van der Waals surface area contributed by atoms with Crippen molar-refractivity contribution >= 4 is 23.6 Å². The molecular weight excluding hydrogens is 459 g/mol. The van der Waals surface area contributed by atoms with Crippen LogP contribution in [0.25, 0.3) is 0 Å². The van der Waals surface area contributed by atoms with Gasteiger partial charge in [-0.25, -0.2) is 4.39 Å². The van der Waals surface area contributed by atoms with Crippen LogP contribution in [0.3, 0.4) is 0 Å². The van der Waals surface area contributed by atoms with Crippen LogP contribution in [0.2, 0.25) is 0 Å². The first-order chi connectivity index (χ1) is 16.8. The van der Waals surface area contributed by atoms with Gasteiger partial charge in [0.15, 0.2) is 0 Å². The van der Waals surface area contributed by atoms with Crippen molar-refractivity contribution in [2.45, 2.75) is 51.6 Å². The van der Waals surface area contributed by atoms with E-state index in [1.54, 1.807) is 23.1 Å². The smallest absolute Gasteiger partial charge is 0.243 e. The van der Waals surface area contributed by atoms with Crippen LogP contribution in [0.5, 0.6) is 0 Å². The summed E-state index contributed by atoms with van der Waals surface area (Å²) in [6, 6.07) is 23.6. The monoisotopic (exact) mass is 492 g/mol. The number of benzene rings is 3. The van der Waals surface area contributed by atoms with Gasteiger partial charge < -0.3 is 10.2 Å². The first-order valence-electron chi connectivity index (χ1n) is 11.8. The number of rotatable bonds is 11. The van der Waals surface area contributed by atoms with Crippen molar-refractivity contribution in [2.75, 3.05) is 5.75 Å². The quantitative estimate of drug-likeness (QED) is 0.383. The number of nitrogens with zero attached hydrogens (tertiary/aromatic N) is 1. The van der Waals surface area contributed by atoms with Gasteiger partial charge in [0.05, 0.1) is 5.75 Å². The van der Waals surface area contributed by atoms with E-state index >= 15 is 0 Å². The van der Waals surface area contributed by atoms with Crippen molar-refractivity contribution < 1.29 is 14.0 Å². The molecule has 0 aromatic heterocycles. The lowest BCUT2D eigenvalue weighted by molar-refractivity contribution is -0.139. The van der Waals surface area contributed by atoms with Gasteiger partial charge in [0, 0.05) is 24.8 Å². The first kappa shape index (κ1) is 26.5. The van der Waals surface area contributed by atoms with Crippen molar-refractivity contribution in [3.8, 4) is 0 Å². The maximum atomic E-state index is 14.0. The van der Waals surface area contributed by atoms with Crippen LogP contribution in [0.4, 0.5) is 4.39 Å². The molecule has 3 aromatic carbocycles. The minimum Gasteiger partial charge on any atom is -0.352 e. The summed E-state index contributed by atoms with van der Waals surface area (Å²) in [5.74, 6) is -0.0579. The Hall–Kier alpha value is -3.12. The number of amides is 2. The van der Waals surface area contributed by atoms with E-state index in [0.717, 1.165) is 16.7 Å². The van der Waals surface area contributed by atoms with Gasteiger partial charge in [0.25, 0.3) is 0 Å². The molecule has 0 saturated carbocycles. The second-order valence-electron chi connectivity index (χ2n) is 8.96. The summed E-state index contributed by atoms with van der Waals surface area (Å²) in [7, 11) is 0. The minimum atomic E-state index is -0.665. The van der Waals surface area contributed by atoms with Crippen molar-refractivity contribution in [2.24, 2.45) is 0 Å². The topological polar surface area (TPSA) is 49.4 Å². The van der Waals surface area contributed by atoms with Crippen LogP contribution in [-0.2, 0) is 28.3 Å². The maximum Gasteiger partial charge on any atom is 0.243 e. The fourth-order valence-corrected chi connectivity index (χ4v) is 4.79. The molecule has 4 nitrogen and oxygen atoms in total. The summed E-state index contributed by atoms with van der Waals surface area (Å²) < 4.78 is 14.0. The van der Waals surface area contributed by atoms with E-state index in [2.05, 4.69) is 5.32 Å². The van der Waals surface area contributed by atoms with E-state index in [-0.39, 0.29) is 29.4 Å². The SMILES string of the molecule is Cc1cccc(CN(C(=O)CSCc2ccccc2F)C(Cc2ccccc2)C(=O)NC(C)C)c1. The number of nitrogens with one attached hydrogen (secondary N) is 1. The van der Waals surface area contributed by atoms with Gasteiger partial charge in [-0.2, -0.15) is 0 Å². The Bertz CT molecular complexity index is 1120. The largest absolute Gasteiger partial charge is 0.352 e. The molecule has 1 unspecified atom stereocenters. The molecule has 0 radical (unpaired) electrons. The molecule has 0 bridgehead atoms. The molecule has 0 spiro atoms. The Morgan fingerprint density at radius 1 is 0.943 bits per heavy atom. The number of hydrogen-bond donors (Lipinski definition) is 1. The van der Waals surface area contributed by atoms with Gasteiger partial charge in [-0.1, -0.05) is 78.4 Å². The predicted octanol–water partition coefficient (Wildman–Crippen LogP) is 5.53. The maximum absolute atomic E-state index is 14.0. The second-order valence-corrected chi connectivity index (χ2v) is 9.95. The molecule has 184 valence electrons. The Labute approximate surface area is 211 Å². The van der Waals surface area contributed by atoms with Crippen molar-refractivity contribution in [3.05, 3.63) is 107 Å². The number of thioether (sulfide) groups is 1. The van der Waals surface area contributed by atoms with Crippen molar-refractivity contribution in [3.63, 3.8) is 0 Å². The minimum absolute atomic E-state index is 0.0490. The molecule has 3 rings (SSSR count). The van der Waals surface area contributed by atoms with Crippen LogP contribution >= 0.6 is 11.8 Å². The highest BCUT2D eigenvalue weighted by Gasteiger charge is 2.30. The van der Waals surface area contributed by atoms with E-state index in [1.807, 2.05) is 75.4 Å². The lowest BCUT2D eigenvalue weighted by Gasteiger charge is -2.32. The average Bonchev–Trinajstić information content (AvgIpc) is 2.82. The molecule has 0 aliphatic heterocycles. The number of hydrogen-bond acceptors (Lipinski definition) is 3. The van der Waals surface area contributed by atoms with Crippen molar-refractivity contribution in [1.29, 1.82) is 0 Å². The van der Waals surface area contributed by atoms with Crippen LogP contribution < -0.4 is 5.32 Å². The van der Waals surface area contributed by atoms with Gasteiger partial charge >= 0.3 is 0 Å². The zero-order valence-electron chi connectivity index (χ0n) is 20.5. The van der Waals surface area contributed by atoms with Gasteiger partial charge in [-0.3, -0.25) is 9.59 Å². The number of carbonyl (C=O) groups excluding carboxylic acids is 2. The molecule has 35 heavy (non-hydrogen) atoms. The molecule has 1 N–H and O–H groups in total. The average molecular weight is 493 g/mol. The molecule has 6 heteroatoms. The molecule has 2 amide bonds. The molecule has 0 aliphatic carbocycles. The zero-order valence-corrected chi connectivity index (χ0v) is 21.4. The standard InChI is InChI=1S/C29H33FN2O2S/c1-21(2)31-29(34)27(17-23-11-5-4-6-12-23)32(18-24-13-9-10-22(3)16-24)28(33)20-35-19-25-14-7-8-15-26(25)30/h4-16,21,27H,17-20H2,1-3H3,(H,31,34). The fourth-order valence-electron chi connectivity index (χ4n) is 3.89. The van der Waals surface area contributed by atoms with E-state index in [1.165, 1.54) is 17.8 Å². The van der Waals surface area contributed by atoms with Gasteiger partial charge in [-0.15, -0.1) is 11.8 Å². The zero-order chi connectivity index (χ0) is 25.2. The Balaban J connectivity index is 1.85. The number of aryl methyl sites for hydroxylation is 1. The Kier molecular flexibility index (Phi) is 9.91. The lowest BCUT2D eigenvalue weighted by Crippen LogP contribution is -2.52. The van der Waals surface area contributed by atoms with Gasteiger partial charge in [-0.05, 0) is 43.5 Å². The summed E-state index contributed by atoms with van der Waals surface area (Å²) in [6.07, 6.45) is 0.412. The summed E-state index contributed by atoms with van der Waals surface area (Å²) in [5.41, 5.74) is 3.61. The van der Waals surface area contributed by atoms with Crippen LogP contribution in [0.1, 0.15) is 36.1 Å². The second kappa shape index (κ2) is 13.1. The molecule has 0 aliphatic rings. The Morgan fingerprint density at radius 3 is 2.31 bits per heavy atom. The highest BCUT2D eigenvalue weighted by Crippen LogP contribution is 2.20. The van der Waals surface area contributed by atoms with Gasteiger partial charge in [0.2, 0.25) is 11.8 Å². The molecule has 0 saturated heterocycles. The summed E-state index contributed by atoms with van der Waals surface area (Å²) in [4.78, 5) is 28.6. The van der Waals surface area contributed by atoms with E-state index in [4.69, 9.17) is 0 Å². The third kappa shape index (κ3) is 8.25. The third-order valence-electron chi connectivity index (χ3n) is 5.58. The molecular formula is C29H33FN2O2S. The third-order valence-corrected chi connectivity index (χ3v) is 6.54. The highest BCUT2D eigenvalue weighted by atomic mass is 32.2. The molecule has 1 atom stereocenters. The normalized spacial score (nSPS) is 11.8. The van der Waals surface area contributed by atoms with Crippen LogP contribution in [-0.4, -0.2) is 34.6 Å². The molecule has 0 fully saturated rings. The summed E-state index contributed by atoms with van der Waals surface area (Å²) in [5, 5.41) is 3.00. The molecule has 3 aromatic rings. The van der Waals surface area contributed by atoms with Crippen molar-refractivity contribution in [1.82, 2.24) is 10.2 Å². The van der Waals surface area contributed by atoms with Gasteiger partial charge in [0.1, 0.15) is 11.9 Å². The molecule has 0 heterocycles. The van der Waals surface area contributed by atoms with Crippen LogP contribution in [0.15, 0.2) is 78.9 Å². The summed E-state index contributed by atoms with van der Waals surface area (Å²) in [6.45, 7) is 6.15. The predicted molar refractivity (Wildman–Crippen MR) is 142 cm³/mol. The summed E-state index contributed by atoms with van der Waals surface area (Å²) >= 11 is 1.36. The highest BCUT2D eigenvalue weighted by molar-refractivity contribution is 7.99. The Morgan fingerprint density at radius 2 is 1.63 bits per heavy atom. The first-order valence-corrected chi connectivity index (χ1v) is 13.0. The van der Waals surface area contributed by atoms with E-state index in [9.17, 15) is 14.0 Å².